The average molecular weight is 234 g/mol. The highest BCUT2D eigenvalue weighted by molar-refractivity contribution is 5.32. The second kappa shape index (κ2) is 6.80. The van der Waals surface area contributed by atoms with Gasteiger partial charge < -0.3 is 5.11 Å². The molecule has 1 aromatic carbocycles. The van der Waals surface area contributed by atoms with Gasteiger partial charge in [0.1, 0.15) is 0 Å². The molecule has 0 aliphatic heterocycles. The smallest absolute Gasteiger partial charge is 0.0820 e. The van der Waals surface area contributed by atoms with Crippen molar-refractivity contribution in [3.8, 4) is 0 Å². The van der Waals surface area contributed by atoms with Crippen molar-refractivity contribution in [2.75, 3.05) is 0 Å². The van der Waals surface area contributed by atoms with E-state index in [4.69, 9.17) is 0 Å². The Morgan fingerprint density at radius 1 is 1.06 bits per heavy atom. The van der Waals surface area contributed by atoms with Gasteiger partial charge in [-0.25, -0.2) is 0 Å². The molecule has 1 aromatic rings. The molecule has 0 aromatic heterocycles. The lowest BCUT2D eigenvalue weighted by Gasteiger charge is -2.24. The molecule has 1 nitrogen and oxygen atoms in total. The molecule has 0 saturated heterocycles. The Hall–Kier alpha value is -0.820. The zero-order valence-electron chi connectivity index (χ0n) is 11.7. The molecule has 0 spiro atoms. The standard InChI is InChI=1S/C16H26O/c1-5-7-14(8-6-2)16(17)15-11-12(3)9-10-13(15)4/h9-11,14,16-17H,5-8H2,1-4H3. The zero-order chi connectivity index (χ0) is 12.8. The molecule has 0 aliphatic carbocycles. The Kier molecular flexibility index (Phi) is 5.70. The molecule has 0 radical (unpaired) electrons. The molecule has 1 heteroatoms. The fourth-order valence-electron chi connectivity index (χ4n) is 2.53. The molecule has 0 bridgehead atoms. The van der Waals surface area contributed by atoms with Crippen LogP contribution in [0.2, 0.25) is 0 Å². The Labute approximate surface area is 106 Å². The molecular weight excluding hydrogens is 208 g/mol. The van der Waals surface area contributed by atoms with Crippen LogP contribution in [0, 0.1) is 19.8 Å². The monoisotopic (exact) mass is 234 g/mol. The molecule has 0 aliphatic rings. The second-order valence-electron chi connectivity index (χ2n) is 5.14. The number of hydrogen-bond acceptors (Lipinski definition) is 1. The molecular formula is C16H26O. The summed E-state index contributed by atoms with van der Waals surface area (Å²) in [6.07, 6.45) is 4.22. The van der Waals surface area contributed by atoms with Crippen LogP contribution in [0.3, 0.4) is 0 Å². The lowest BCUT2D eigenvalue weighted by atomic mass is 9.86. The minimum atomic E-state index is -0.296. The average Bonchev–Trinajstić information content (AvgIpc) is 2.31. The molecule has 0 heterocycles. The second-order valence-corrected chi connectivity index (χ2v) is 5.14. The highest BCUT2D eigenvalue weighted by atomic mass is 16.3. The van der Waals surface area contributed by atoms with Crippen molar-refractivity contribution in [3.63, 3.8) is 0 Å². The predicted octanol–water partition coefficient (Wildman–Crippen LogP) is 4.55. The summed E-state index contributed by atoms with van der Waals surface area (Å²) in [5.41, 5.74) is 3.56. The van der Waals surface area contributed by atoms with Crippen molar-refractivity contribution in [1.82, 2.24) is 0 Å². The van der Waals surface area contributed by atoms with Crippen LogP contribution in [0.25, 0.3) is 0 Å². The van der Waals surface area contributed by atoms with E-state index in [-0.39, 0.29) is 6.10 Å². The molecule has 0 amide bonds. The summed E-state index contributed by atoms with van der Waals surface area (Å²) in [5.74, 6) is 0.408. The molecule has 96 valence electrons. The van der Waals surface area contributed by atoms with Crippen LogP contribution in [-0.2, 0) is 0 Å². The largest absolute Gasteiger partial charge is 0.388 e. The van der Waals surface area contributed by atoms with Gasteiger partial charge in [-0.3, -0.25) is 0 Å². The maximum Gasteiger partial charge on any atom is 0.0820 e. The number of rotatable bonds is 6. The normalized spacial score (nSPS) is 13.1. The van der Waals surface area contributed by atoms with E-state index in [1.54, 1.807) is 0 Å². The van der Waals surface area contributed by atoms with E-state index in [0.717, 1.165) is 31.2 Å². The maximum absolute atomic E-state index is 10.5. The fraction of sp³-hybridized carbons (Fsp3) is 0.625. The highest BCUT2D eigenvalue weighted by Crippen LogP contribution is 2.31. The molecule has 1 unspecified atom stereocenters. The van der Waals surface area contributed by atoms with E-state index < -0.39 is 0 Å². The molecule has 1 rings (SSSR count). The summed E-state index contributed by atoms with van der Waals surface area (Å²) < 4.78 is 0. The summed E-state index contributed by atoms with van der Waals surface area (Å²) in [6.45, 7) is 8.56. The van der Waals surface area contributed by atoms with Crippen molar-refractivity contribution in [1.29, 1.82) is 0 Å². The summed E-state index contributed by atoms with van der Waals surface area (Å²) in [5, 5.41) is 10.5. The van der Waals surface area contributed by atoms with Gasteiger partial charge in [-0.2, -0.15) is 0 Å². The maximum atomic E-state index is 10.5. The van der Waals surface area contributed by atoms with Gasteiger partial charge in [0.05, 0.1) is 6.10 Å². The summed E-state index contributed by atoms with van der Waals surface area (Å²) in [4.78, 5) is 0. The van der Waals surface area contributed by atoms with Gasteiger partial charge in [-0.15, -0.1) is 0 Å². The Morgan fingerprint density at radius 2 is 1.65 bits per heavy atom. The molecule has 1 atom stereocenters. The number of aryl methyl sites for hydroxylation is 2. The molecule has 17 heavy (non-hydrogen) atoms. The van der Waals surface area contributed by atoms with Gasteiger partial charge in [0.2, 0.25) is 0 Å². The summed E-state index contributed by atoms with van der Waals surface area (Å²) in [6, 6.07) is 6.36. The number of aliphatic hydroxyl groups is 1. The van der Waals surface area contributed by atoms with Crippen LogP contribution < -0.4 is 0 Å². The fourth-order valence-corrected chi connectivity index (χ4v) is 2.53. The minimum absolute atomic E-state index is 0.296. The summed E-state index contributed by atoms with van der Waals surface area (Å²) in [7, 11) is 0. The first-order valence-corrected chi connectivity index (χ1v) is 6.85. The Morgan fingerprint density at radius 3 is 2.18 bits per heavy atom. The first-order valence-electron chi connectivity index (χ1n) is 6.85. The van der Waals surface area contributed by atoms with E-state index in [1.165, 1.54) is 11.1 Å². The van der Waals surface area contributed by atoms with Gasteiger partial charge in [0, 0.05) is 0 Å². The predicted molar refractivity (Wildman–Crippen MR) is 74.2 cm³/mol. The van der Waals surface area contributed by atoms with Crippen molar-refractivity contribution >= 4 is 0 Å². The number of aliphatic hydroxyl groups excluding tert-OH is 1. The van der Waals surface area contributed by atoms with Crippen molar-refractivity contribution in [2.24, 2.45) is 5.92 Å². The topological polar surface area (TPSA) is 20.2 Å². The molecule has 0 fully saturated rings. The van der Waals surface area contributed by atoms with E-state index in [0.29, 0.717) is 5.92 Å². The first kappa shape index (κ1) is 14.2. The van der Waals surface area contributed by atoms with Gasteiger partial charge in [0.25, 0.3) is 0 Å². The Bertz CT molecular complexity index is 337. The minimum Gasteiger partial charge on any atom is -0.388 e. The first-order chi connectivity index (χ1) is 8.10. The third-order valence-electron chi connectivity index (χ3n) is 3.52. The van der Waals surface area contributed by atoms with Gasteiger partial charge in [0.15, 0.2) is 0 Å². The van der Waals surface area contributed by atoms with E-state index in [1.807, 2.05) is 0 Å². The number of benzene rings is 1. The Balaban J connectivity index is 2.91. The third kappa shape index (κ3) is 3.85. The van der Waals surface area contributed by atoms with Crippen LogP contribution in [0.5, 0.6) is 0 Å². The van der Waals surface area contributed by atoms with Crippen molar-refractivity contribution in [3.05, 3.63) is 34.9 Å². The third-order valence-corrected chi connectivity index (χ3v) is 3.52. The van der Waals surface area contributed by atoms with Gasteiger partial charge in [-0.05, 0) is 43.7 Å². The lowest BCUT2D eigenvalue weighted by molar-refractivity contribution is 0.0958. The van der Waals surface area contributed by atoms with Crippen LogP contribution in [-0.4, -0.2) is 5.11 Å². The molecule has 0 saturated carbocycles. The summed E-state index contributed by atoms with van der Waals surface area (Å²) >= 11 is 0. The lowest BCUT2D eigenvalue weighted by Crippen LogP contribution is -2.14. The number of hydrogen-bond donors (Lipinski definition) is 1. The van der Waals surface area contributed by atoms with Crippen molar-refractivity contribution < 1.29 is 5.11 Å². The van der Waals surface area contributed by atoms with Crippen LogP contribution in [0.15, 0.2) is 18.2 Å². The van der Waals surface area contributed by atoms with Crippen LogP contribution >= 0.6 is 0 Å². The van der Waals surface area contributed by atoms with E-state index in [9.17, 15) is 5.11 Å². The molecule has 1 N–H and O–H groups in total. The van der Waals surface area contributed by atoms with Crippen LogP contribution in [0.4, 0.5) is 0 Å². The highest BCUT2D eigenvalue weighted by Gasteiger charge is 2.20. The van der Waals surface area contributed by atoms with Gasteiger partial charge in [-0.1, -0.05) is 50.5 Å². The SMILES string of the molecule is CCCC(CCC)C(O)c1cc(C)ccc1C. The van der Waals surface area contributed by atoms with E-state index in [2.05, 4.69) is 45.9 Å². The van der Waals surface area contributed by atoms with Crippen molar-refractivity contribution in [2.45, 2.75) is 59.5 Å². The van der Waals surface area contributed by atoms with Crippen LogP contribution in [0.1, 0.15) is 62.3 Å². The zero-order valence-corrected chi connectivity index (χ0v) is 11.7. The van der Waals surface area contributed by atoms with Gasteiger partial charge >= 0.3 is 0 Å². The quantitative estimate of drug-likeness (QED) is 0.765. The van der Waals surface area contributed by atoms with E-state index >= 15 is 0 Å².